The van der Waals surface area contributed by atoms with Gasteiger partial charge in [0.2, 0.25) is 0 Å². The molecule has 1 heterocycles. The van der Waals surface area contributed by atoms with Gasteiger partial charge in [0.15, 0.2) is 0 Å². The van der Waals surface area contributed by atoms with Crippen molar-refractivity contribution in [2.24, 2.45) is 0 Å². The van der Waals surface area contributed by atoms with Crippen LogP contribution in [0.5, 0.6) is 0 Å². The molecule has 0 aliphatic carbocycles. The van der Waals surface area contributed by atoms with Gasteiger partial charge in [0, 0.05) is 25.8 Å². The summed E-state index contributed by atoms with van der Waals surface area (Å²) < 4.78 is 9.76. The molecule has 0 saturated carbocycles. The molecule has 0 aromatic rings. The predicted molar refractivity (Wildman–Crippen MR) is 57.4 cm³/mol. The van der Waals surface area contributed by atoms with Crippen molar-refractivity contribution in [1.29, 1.82) is 0 Å². The summed E-state index contributed by atoms with van der Waals surface area (Å²) in [6.07, 6.45) is 2.65. The Balaban J connectivity index is 2.52. The molecule has 86 valence electrons. The molecule has 0 aromatic carbocycles. The molecule has 0 bridgehead atoms. The standard InChI is InChI=1S/C11H19NO3/c1-9(6-8-14-2)12-7-4-5-10(12)11(13)15-3/h10H,1,4-8H2,2-3H3. The second-order valence-electron chi connectivity index (χ2n) is 3.68. The summed E-state index contributed by atoms with van der Waals surface area (Å²) in [7, 11) is 3.09. The maximum absolute atomic E-state index is 11.5. The largest absolute Gasteiger partial charge is 0.467 e. The van der Waals surface area contributed by atoms with Gasteiger partial charge in [-0.05, 0) is 12.8 Å². The molecule has 15 heavy (non-hydrogen) atoms. The molecule has 1 fully saturated rings. The van der Waals surface area contributed by atoms with Gasteiger partial charge in [0.1, 0.15) is 6.04 Å². The minimum atomic E-state index is -0.161. The first-order valence-corrected chi connectivity index (χ1v) is 5.22. The highest BCUT2D eigenvalue weighted by Crippen LogP contribution is 2.23. The smallest absolute Gasteiger partial charge is 0.328 e. The van der Waals surface area contributed by atoms with Crippen LogP contribution in [0.4, 0.5) is 0 Å². The third-order valence-corrected chi connectivity index (χ3v) is 2.73. The van der Waals surface area contributed by atoms with Crippen LogP contribution in [0.25, 0.3) is 0 Å². The number of methoxy groups -OCH3 is 2. The Labute approximate surface area is 90.8 Å². The van der Waals surface area contributed by atoms with Crippen molar-refractivity contribution in [1.82, 2.24) is 4.90 Å². The van der Waals surface area contributed by atoms with Crippen molar-refractivity contribution in [3.8, 4) is 0 Å². The Morgan fingerprint density at radius 1 is 1.53 bits per heavy atom. The average molecular weight is 213 g/mol. The highest BCUT2D eigenvalue weighted by atomic mass is 16.5. The number of hydrogen-bond acceptors (Lipinski definition) is 4. The number of esters is 1. The topological polar surface area (TPSA) is 38.8 Å². The molecular weight excluding hydrogens is 194 g/mol. The number of hydrogen-bond donors (Lipinski definition) is 0. The minimum Gasteiger partial charge on any atom is -0.467 e. The monoisotopic (exact) mass is 213 g/mol. The fraction of sp³-hybridized carbons (Fsp3) is 0.727. The highest BCUT2D eigenvalue weighted by Gasteiger charge is 2.31. The summed E-state index contributed by atoms with van der Waals surface area (Å²) in [5.74, 6) is -0.161. The maximum Gasteiger partial charge on any atom is 0.328 e. The highest BCUT2D eigenvalue weighted by molar-refractivity contribution is 5.76. The molecule has 0 radical (unpaired) electrons. The molecule has 1 aliphatic heterocycles. The molecule has 1 rings (SSSR count). The van der Waals surface area contributed by atoms with Gasteiger partial charge in [0.25, 0.3) is 0 Å². The van der Waals surface area contributed by atoms with Gasteiger partial charge < -0.3 is 14.4 Å². The van der Waals surface area contributed by atoms with Gasteiger partial charge in [-0.15, -0.1) is 0 Å². The first-order valence-electron chi connectivity index (χ1n) is 5.22. The van der Waals surface area contributed by atoms with E-state index in [2.05, 4.69) is 6.58 Å². The molecule has 1 atom stereocenters. The molecule has 0 N–H and O–H groups in total. The molecule has 1 aliphatic rings. The van der Waals surface area contributed by atoms with Gasteiger partial charge in [-0.25, -0.2) is 4.79 Å². The minimum absolute atomic E-state index is 0.139. The lowest BCUT2D eigenvalue weighted by molar-refractivity contribution is -0.145. The van der Waals surface area contributed by atoms with Gasteiger partial charge in [-0.2, -0.15) is 0 Å². The fourth-order valence-corrected chi connectivity index (χ4v) is 1.89. The van der Waals surface area contributed by atoms with E-state index in [4.69, 9.17) is 9.47 Å². The van der Waals surface area contributed by atoms with Crippen molar-refractivity contribution >= 4 is 5.97 Å². The Morgan fingerprint density at radius 2 is 2.27 bits per heavy atom. The normalized spacial score (nSPS) is 20.4. The van der Waals surface area contributed by atoms with Crippen LogP contribution in [0.1, 0.15) is 19.3 Å². The first kappa shape index (κ1) is 12.0. The zero-order valence-electron chi connectivity index (χ0n) is 9.49. The van der Waals surface area contributed by atoms with E-state index in [-0.39, 0.29) is 12.0 Å². The first-order chi connectivity index (χ1) is 7.20. The van der Waals surface area contributed by atoms with Crippen LogP contribution < -0.4 is 0 Å². The van der Waals surface area contributed by atoms with Gasteiger partial charge >= 0.3 is 5.97 Å². The van der Waals surface area contributed by atoms with Crippen LogP contribution in [0, 0.1) is 0 Å². The Morgan fingerprint density at radius 3 is 2.87 bits per heavy atom. The zero-order chi connectivity index (χ0) is 11.3. The molecule has 1 saturated heterocycles. The number of carbonyl (C=O) groups is 1. The second kappa shape index (κ2) is 5.75. The quantitative estimate of drug-likeness (QED) is 0.643. The van der Waals surface area contributed by atoms with Gasteiger partial charge in [0.05, 0.1) is 13.7 Å². The molecule has 4 nitrogen and oxygen atoms in total. The molecule has 0 spiro atoms. The van der Waals surface area contributed by atoms with Crippen LogP contribution in [-0.2, 0) is 14.3 Å². The summed E-state index contributed by atoms with van der Waals surface area (Å²) in [6, 6.07) is -0.139. The van der Waals surface area contributed by atoms with E-state index in [1.54, 1.807) is 7.11 Å². The summed E-state index contributed by atoms with van der Waals surface area (Å²) in [5, 5.41) is 0. The third-order valence-electron chi connectivity index (χ3n) is 2.73. The van der Waals surface area contributed by atoms with Crippen LogP contribution in [0.3, 0.4) is 0 Å². The third kappa shape index (κ3) is 2.96. The number of nitrogens with zero attached hydrogens (tertiary/aromatic N) is 1. The average Bonchev–Trinajstić information content (AvgIpc) is 2.73. The van der Waals surface area contributed by atoms with E-state index in [9.17, 15) is 4.79 Å². The summed E-state index contributed by atoms with van der Waals surface area (Å²) in [4.78, 5) is 13.5. The lowest BCUT2D eigenvalue weighted by Crippen LogP contribution is -2.36. The number of rotatable bonds is 5. The fourth-order valence-electron chi connectivity index (χ4n) is 1.89. The Hall–Kier alpha value is -1.03. The summed E-state index contributed by atoms with van der Waals surface area (Å²) >= 11 is 0. The number of likely N-dealkylation sites (tertiary alicyclic amines) is 1. The van der Waals surface area contributed by atoms with E-state index in [1.807, 2.05) is 4.90 Å². The molecule has 1 unspecified atom stereocenters. The van der Waals surface area contributed by atoms with Crippen molar-refractivity contribution in [3.63, 3.8) is 0 Å². The van der Waals surface area contributed by atoms with Crippen molar-refractivity contribution < 1.29 is 14.3 Å². The van der Waals surface area contributed by atoms with Crippen LogP contribution in [0.2, 0.25) is 0 Å². The van der Waals surface area contributed by atoms with E-state index in [0.717, 1.165) is 31.5 Å². The van der Waals surface area contributed by atoms with Crippen LogP contribution in [-0.4, -0.2) is 44.3 Å². The van der Waals surface area contributed by atoms with E-state index < -0.39 is 0 Å². The van der Waals surface area contributed by atoms with Crippen molar-refractivity contribution in [2.75, 3.05) is 27.4 Å². The number of ether oxygens (including phenoxy) is 2. The Bertz CT molecular complexity index is 240. The molecule has 0 amide bonds. The SMILES string of the molecule is C=C(CCOC)N1CCCC1C(=O)OC. The maximum atomic E-state index is 11.5. The van der Waals surface area contributed by atoms with Crippen LogP contribution in [0.15, 0.2) is 12.3 Å². The van der Waals surface area contributed by atoms with E-state index >= 15 is 0 Å². The predicted octanol–water partition coefficient (Wildman–Crippen LogP) is 1.17. The van der Waals surface area contributed by atoms with Crippen LogP contribution >= 0.6 is 0 Å². The van der Waals surface area contributed by atoms with Crippen molar-refractivity contribution in [3.05, 3.63) is 12.3 Å². The zero-order valence-corrected chi connectivity index (χ0v) is 9.49. The van der Waals surface area contributed by atoms with Gasteiger partial charge in [-0.1, -0.05) is 6.58 Å². The number of carbonyl (C=O) groups excluding carboxylic acids is 1. The molecule has 0 aromatic heterocycles. The van der Waals surface area contributed by atoms with Gasteiger partial charge in [-0.3, -0.25) is 0 Å². The lowest BCUT2D eigenvalue weighted by Gasteiger charge is -2.26. The van der Waals surface area contributed by atoms with Crippen molar-refractivity contribution in [2.45, 2.75) is 25.3 Å². The second-order valence-corrected chi connectivity index (χ2v) is 3.68. The Kier molecular flexibility index (Phi) is 4.62. The summed E-state index contributed by atoms with van der Waals surface area (Å²) in [6.45, 7) is 5.51. The van der Waals surface area contributed by atoms with E-state index in [0.29, 0.717) is 6.61 Å². The summed E-state index contributed by atoms with van der Waals surface area (Å²) in [5.41, 5.74) is 0.963. The molecular formula is C11H19NO3. The van der Waals surface area contributed by atoms with E-state index in [1.165, 1.54) is 7.11 Å². The molecule has 4 heteroatoms. The lowest BCUT2D eigenvalue weighted by atomic mass is 10.2.